The van der Waals surface area contributed by atoms with Gasteiger partial charge in [-0.05, 0) is 50.7 Å². The molecule has 0 aliphatic carbocycles. The van der Waals surface area contributed by atoms with Gasteiger partial charge >= 0.3 is 0 Å². The van der Waals surface area contributed by atoms with Crippen molar-refractivity contribution in [3.63, 3.8) is 0 Å². The van der Waals surface area contributed by atoms with Gasteiger partial charge in [0.15, 0.2) is 0 Å². The summed E-state index contributed by atoms with van der Waals surface area (Å²) in [6.07, 6.45) is 5.57. The number of carbonyl (C=O) groups is 1. The Hall–Kier alpha value is -0.880. The smallest absolute Gasteiger partial charge is 0.223 e. The Morgan fingerprint density at radius 1 is 1.27 bits per heavy atom. The molecule has 4 rings (SSSR count). The number of halogens is 2. The maximum atomic E-state index is 12.8. The quantitative estimate of drug-likeness (QED) is 0.794. The summed E-state index contributed by atoms with van der Waals surface area (Å²) in [4.78, 5) is 19.4. The van der Waals surface area contributed by atoms with Crippen molar-refractivity contribution in [2.24, 2.45) is 5.92 Å². The molecule has 3 unspecified atom stereocenters. The van der Waals surface area contributed by atoms with Crippen LogP contribution >= 0.6 is 36.2 Å². The minimum absolute atomic E-state index is 0. The van der Waals surface area contributed by atoms with Gasteiger partial charge in [-0.1, -0.05) is 12.1 Å². The molecule has 0 spiro atoms. The lowest BCUT2D eigenvalue weighted by atomic mass is 9.89. The van der Waals surface area contributed by atoms with E-state index in [0.717, 1.165) is 23.4 Å². The van der Waals surface area contributed by atoms with Crippen LogP contribution in [0.25, 0.3) is 10.2 Å². The first kappa shape index (κ1) is 21.4. The summed E-state index contributed by atoms with van der Waals surface area (Å²) in [6, 6.07) is 9.51. The van der Waals surface area contributed by atoms with Crippen LogP contribution in [0.15, 0.2) is 24.3 Å². The Kier molecular flexibility index (Phi) is 7.31. The van der Waals surface area contributed by atoms with Crippen molar-refractivity contribution in [2.75, 3.05) is 7.05 Å². The largest absolute Gasteiger partial charge is 0.337 e. The van der Waals surface area contributed by atoms with Gasteiger partial charge in [0.2, 0.25) is 5.91 Å². The summed E-state index contributed by atoms with van der Waals surface area (Å²) in [5, 5.41) is 4.68. The van der Waals surface area contributed by atoms with E-state index in [-0.39, 0.29) is 36.8 Å². The molecule has 7 heteroatoms. The first-order valence-corrected chi connectivity index (χ1v) is 9.79. The van der Waals surface area contributed by atoms with E-state index in [1.165, 1.54) is 17.5 Å². The number of nitrogens with zero attached hydrogens (tertiary/aromatic N) is 2. The fourth-order valence-electron chi connectivity index (χ4n) is 4.18. The number of nitrogens with one attached hydrogen (secondary N) is 1. The molecule has 2 saturated heterocycles. The monoisotopic (exact) mass is 415 g/mol. The van der Waals surface area contributed by atoms with E-state index in [0.29, 0.717) is 24.4 Å². The minimum atomic E-state index is 0. The van der Waals surface area contributed by atoms with Crippen molar-refractivity contribution >= 4 is 52.3 Å². The number of amides is 1. The Bertz CT molecular complexity index is 708. The lowest BCUT2D eigenvalue weighted by Crippen LogP contribution is -2.40. The number of hydrogen-bond acceptors (Lipinski definition) is 4. The van der Waals surface area contributed by atoms with Gasteiger partial charge in [0, 0.05) is 25.6 Å². The second-order valence-corrected chi connectivity index (χ2v) is 8.44. The number of piperidine rings is 1. The molecule has 2 aliphatic heterocycles. The highest BCUT2D eigenvalue weighted by Crippen LogP contribution is 2.34. The molecule has 4 nitrogen and oxygen atoms in total. The molecule has 3 atom stereocenters. The summed E-state index contributed by atoms with van der Waals surface area (Å²) >= 11 is 1.69. The lowest BCUT2D eigenvalue weighted by molar-refractivity contribution is -0.133. The first-order valence-electron chi connectivity index (χ1n) is 8.97. The van der Waals surface area contributed by atoms with Crippen molar-refractivity contribution in [3.8, 4) is 0 Å². The van der Waals surface area contributed by atoms with Crippen LogP contribution in [0, 0.1) is 5.92 Å². The van der Waals surface area contributed by atoms with Crippen molar-refractivity contribution in [2.45, 2.75) is 57.2 Å². The number of rotatable bonds is 4. The lowest BCUT2D eigenvalue weighted by Gasteiger charge is -2.31. The van der Waals surface area contributed by atoms with Gasteiger partial charge in [0.05, 0.1) is 16.3 Å². The molecule has 144 valence electrons. The van der Waals surface area contributed by atoms with Crippen LogP contribution in [0.5, 0.6) is 0 Å². The van der Waals surface area contributed by atoms with Gasteiger partial charge in [0.25, 0.3) is 0 Å². The third-order valence-electron chi connectivity index (χ3n) is 5.68. The molecule has 1 aromatic heterocycles. The van der Waals surface area contributed by atoms with E-state index in [2.05, 4.69) is 18.3 Å². The van der Waals surface area contributed by atoms with Gasteiger partial charge in [-0.15, -0.1) is 36.2 Å². The molecule has 1 aromatic carbocycles. The predicted octanol–water partition coefficient (Wildman–Crippen LogP) is 4.58. The summed E-state index contributed by atoms with van der Waals surface area (Å²) < 4.78 is 1.19. The Balaban J connectivity index is 0.00000121. The minimum Gasteiger partial charge on any atom is -0.337 e. The summed E-state index contributed by atoms with van der Waals surface area (Å²) in [7, 11) is 1.93. The van der Waals surface area contributed by atoms with E-state index in [1.807, 2.05) is 30.1 Å². The van der Waals surface area contributed by atoms with Gasteiger partial charge in [-0.2, -0.15) is 0 Å². The van der Waals surface area contributed by atoms with Crippen molar-refractivity contribution in [1.82, 2.24) is 15.2 Å². The second-order valence-electron chi connectivity index (χ2n) is 7.38. The highest BCUT2D eigenvalue weighted by Gasteiger charge is 2.35. The molecule has 0 saturated carbocycles. The van der Waals surface area contributed by atoms with E-state index in [4.69, 9.17) is 4.98 Å². The zero-order valence-electron chi connectivity index (χ0n) is 15.2. The molecule has 26 heavy (non-hydrogen) atoms. The number of thiazole rings is 1. The van der Waals surface area contributed by atoms with Gasteiger partial charge in [-0.25, -0.2) is 4.98 Å². The molecule has 3 heterocycles. The van der Waals surface area contributed by atoms with Crippen molar-refractivity contribution < 1.29 is 4.79 Å². The van der Waals surface area contributed by atoms with Gasteiger partial charge in [-0.3, -0.25) is 4.79 Å². The normalized spacial score (nSPS) is 25.2. The number of aromatic nitrogens is 1. The maximum absolute atomic E-state index is 12.8. The highest BCUT2D eigenvalue weighted by molar-refractivity contribution is 7.18. The summed E-state index contributed by atoms with van der Waals surface area (Å²) in [6.45, 7) is 2.09. The first-order chi connectivity index (χ1) is 11.6. The van der Waals surface area contributed by atoms with E-state index in [9.17, 15) is 4.79 Å². The second kappa shape index (κ2) is 8.87. The van der Waals surface area contributed by atoms with Crippen LogP contribution < -0.4 is 5.32 Å². The number of benzene rings is 1. The number of para-hydroxylation sites is 1. The van der Waals surface area contributed by atoms with E-state index >= 15 is 0 Å². The van der Waals surface area contributed by atoms with Crippen LogP contribution in [0.1, 0.15) is 50.1 Å². The Labute approximate surface area is 171 Å². The highest BCUT2D eigenvalue weighted by atomic mass is 35.5. The maximum Gasteiger partial charge on any atom is 0.223 e. The number of fused-ring (bicyclic) bond motifs is 3. The summed E-state index contributed by atoms with van der Waals surface area (Å²) in [5.41, 5.74) is 1.03. The van der Waals surface area contributed by atoms with Gasteiger partial charge in [0.1, 0.15) is 5.01 Å². The molecular weight excluding hydrogens is 389 g/mol. The third-order valence-corrected chi connectivity index (χ3v) is 6.88. The Morgan fingerprint density at radius 2 is 1.92 bits per heavy atom. The zero-order chi connectivity index (χ0) is 16.7. The zero-order valence-corrected chi connectivity index (χ0v) is 17.6. The van der Waals surface area contributed by atoms with Crippen molar-refractivity contribution in [3.05, 3.63) is 29.3 Å². The van der Waals surface area contributed by atoms with Crippen LogP contribution in [-0.2, 0) is 4.79 Å². The van der Waals surface area contributed by atoms with Gasteiger partial charge < -0.3 is 10.2 Å². The standard InChI is InChI=1S/C19H25N3OS.2ClH/c1-12(19-21-16-5-3-4-6-17(16)24-19)22(2)18(23)11-13-9-14-7-8-15(10-13)20-14;;/h3-6,12-15,20H,7-11H2,1-2H3;2*1H. The van der Waals surface area contributed by atoms with E-state index < -0.39 is 0 Å². The van der Waals surface area contributed by atoms with Crippen LogP contribution in [-0.4, -0.2) is 34.9 Å². The summed E-state index contributed by atoms with van der Waals surface area (Å²) in [5.74, 6) is 0.800. The molecule has 2 aromatic rings. The van der Waals surface area contributed by atoms with Crippen molar-refractivity contribution in [1.29, 1.82) is 0 Å². The van der Waals surface area contributed by atoms with Crippen LogP contribution in [0.3, 0.4) is 0 Å². The average Bonchev–Trinajstić information content (AvgIpc) is 3.16. The fraction of sp³-hybridized carbons (Fsp3) is 0.579. The fourth-order valence-corrected chi connectivity index (χ4v) is 5.25. The molecule has 2 bridgehead atoms. The molecule has 2 aliphatic rings. The molecule has 1 amide bonds. The average molecular weight is 416 g/mol. The topological polar surface area (TPSA) is 45.2 Å². The number of hydrogen-bond donors (Lipinski definition) is 1. The SMILES string of the molecule is CC(c1nc2ccccc2s1)N(C)C(=O)CC1CC2CCC(C1)N2.Cl.Cl. The van der Waals surface area contributed by atoms with Crippen LogP contribution in [0.4, 0.5) is 0 Å². The van der Waals surface area contributed by atoms with Crippen LogP contribution in [0.2, 0.25) is 0 Å². The molecule has 1 N–H and O–H groups in total. The Morgan fingerprint density at radius 3 is 2.58 bits per heavy atom. The van der Waals surface area contributed by atoms with E-state index in [1.54, 1.807) is 11.3 Å². The molecule has 0 radical (unpaired) electrons. The third kappa shape index (κ3) is 4.33. The number of carbonyl (C=O) groups excluding carboxylic acids is 1. The predicted molar refractivity (Wildman–Crippen MR) is 113 cm³/mol. The molecule has 2 fully saturated rings. The molecular formula is C19H27Cl2N3OS.